The second-order valence-electron chi connectivity index (χ2n) is 1.78. The van der Waals surface area contributed by atoms with Crippen LogP contribution in [0.4, 0.5) is 12.9 Å². The molecule has 0 bridgehead atoms. The Labute approximate surface area is 68.4 Å². The molecular weight excluding hydrogens is 168 g/mol. The fraction of sp³-hybridized carbons (Fsp3) is 0. The van der Waals surface area contributed by atoms with Crippen LogP contribution in [0, 0.1) is 0 Å². The molecule has 0 amide bonds. The zero-order valence-electron chi connectivity index (χ0n) is 6.08. The lowest BCUT2D eigenvalue weighted by molar-refractivity contribution is 0.112. The third-order valence-corrected chi connectivity index (χ3v) is 0.936. The summed E-state index contributed by atoms with van der Waals surface area (Å²) in [6.07, 6.45) is 0.833. The van der Waals surface area contributed by atoms with Crippen LogP contribution in [-0.4, -0.2) is 13.8 Å². The van der Waals surface area contributed by atoms with E-state index in [-0.39, 0.29) is 0 Å². The van der Waals surface area contributed by atoms with E-state index in [9.17, 15) is 17.7 Å². The Morgan fingerprint density at radius 3 is 1.75 bits per heavy atom. The first-order valence-corrected chi connectivity index (χ1v) is 3.09. The molecule has 12 heavy (non-hydrogen) atoms. The summed E-state index contributed by atoms with van der Waals surface area (Å²) in [5.41, 5.74) is 0.729. The fourth-order valence-electron chi connectivity index (χ4n) is 0.532. The number of rotatable bonds is 1. The van der Waals surface area contributed by atoms with Gasteiger partial charge >= 0.3 is 7.54 Å². The number of hydrogen-bond donors (Lipinski definition) is 0. The Morgan fingerprint density at radius 2 is 1.50 bits per heavy atom. The summed E-state index contributed by atoms with van der Waals surface area (Å²) in [4.78, 5) is 10.0. The van der Waals surface area contributed by atoms with Gasteiger partial charge in [-0.25, -0.2) is 0 Å². The molecule has 0 heterocycles. The summed E-state index contributed by atoms with van der Waals surface area (Å²) in [5, 5.41) is 0. The average molecular weight is 174 g/mol. The highest BCUT2D eigenvalue weighted by molar-refractivity contribution is 6.33. The molecule has 0 N–H and O–H groups in total. The van der Waals surface area contributed by atoms with Crippen molar-refractivity contribution in [3.05, 3.63) is 35.9 Å². The van der Waals surface area contributed by atoms with Gasteiger partial charge in [-0.2, -0.15) is 0 Å². The largest absolute Gasteiger partial charge is 0.762 e. The van der Waals surface area contributed by atoms with Crippen molar-refractivity contribution in [2.75, 3.05) is 0 Å². The molecule has 0 atom stereocenters. The summed E-state index contributed by atoms with van der Waals surface area (Å²) < 4.78 is 29.0. The molecule has 0 aliphatic heterocycles. The minimum atomic E-state index is -3.67. The van der Waals surface area contributed by atoms with Crippen LogP contribution in [0.1, 0.15) is 10.4 Å². The molecule has 1 aromatic carbocycles. The molecule has 0 radical (unpaired) electrons. The molecule has 64 valence electrons. The van der Waals surface area contributed by atoms with Crippen molar-refractivity contribution in [3.63, 3.8) is 0 Å². The molecule has 0 aliphatic rings. The minimum Gasteiger partial charge on any atom is -0.298 e. The van der Waals surface area contributed by atoms with E-state index >= 15 is 0 Å². The maximum Gasteiger partial charge on any atom is 0.762 e. The molecular formula is C7H6BF3O. The van der Waals surface area contributed by atoms with Crippen molar-refractivity contribution in [2.45, 2.75) is 0 Å². The highest BCUT2D eigenvalue weighted by Crippen LogP contribution is 1.91. The van der Waals surface area contributed by atoms with Gasteiger partial charge in [0.25, 0.3) is 0 Å². The standard InChI is InChI=1S/C7H6O.BF3/c8-6-7-4-2-1-3-5-7;2-1(3)4/h1-6H;. The first-order chi connectivity index (χ1) is 5.66. The fourth-order valence-corrected chi connectivity index (χ4v) is 0.532. The number of halogens is 3. The van der Waals surface area contributed by atoms with E-state index in [1.165, 1.54) is 0 Å². The number of aldehydes is 1. The predicted octanol–water partition coefficient (Wildman–Crippen LogP) is 2.38. The summed E-state index contributed by atoms with van der Waals surface area (Å²) in [5.74, 6) is 0. The van der Waals surface area contributed by atoms with E-state index in [2.05, 4.69) is 0 Å². The summed E-state index contributed by atoms with van der Waals surface area (Å²) >= 11 is 0. The molecule has 0 saturated heterocycles. The van der Waals surface area contributed by atoms with Gasteiger partial charge in [0.15, 0.2) is 0 Å². The highest BCUT2D eigenvalue weighted by atomic mass is 19.4. The molecule has 0 aliphatic carbocycles. The van der Waals surface area contributed by atoms with Crippen molar-refractivity contribution in [1.29, 1.82) is 0 Å². The number of hydrogen-bond acceptors (Lipinski definition) is 1. The zero-order chi connectivity index (χ0) is 9.40. The number of benzene rings is 1. The molecule has 0 saturated carbocycles. The Hall–Kier alpha value is -1.26. The average Bonchev–Trinajstić information content (AvgIpc) is 2.05. The molecule has 0 unspecified atom stereocenters. The first-order valence-electron chi connectivity index (χ1n) is 3.09. The normalized spacial score (nSPS) is 7.92. The Kier molecular flexibility index (Phi) is 5.78. The van der Waals surface area contributed by atoms with Gasteiger partial charge in [-0.15, -0.1) is 0 Å². The summed E-state index contributed by atoms with van der Waals surface area (Å²) in [7, 11) is -3.67. The van der Waals surface area contributed by atoms with Crippen LogP contribution in [0.25, 0.3) is 0 Å². The van der Waals surface area contributed by atoms with E-state index in [4.69, 9.17) is 0 Å². The maximum atomic E-state index is 10.0. The first kappa shape index (κ1) is 10.7. The second-order valence-corrected chi connectivity index (χ2v) is 1.78. The van der Waals surface area contributed by atoms with Crippen molar-refractivity contribution in [1.82, 2.24) is 0 Å². The molecule has 0 spiro atoms. The van der Waals surface area contributed by atoms with E-state index in [0.717, 1.165) is 11.8 Å². The van der Waals surface area contributed by atoms with Crippen molar-refractivity contribution < 1.29 is 17.7 Å². The van der Waals surface area contributed by atoms with Gasteiger partial charge in [-0.3, -0.25) is 17.7 Å². The molecule has 0 aromatic heterocycles. The van der Waals surface area contributed by atoms with Gasteiger partial charge in [0.05, 0.1) is 0 Å². The third-order valence-electron chi connectivity index (χ3n) is 0.936. The molecule has 1 nitrogen and oxygen atoms in total. The van der Waals surface area contributed by atoms with Gasteiger partial charge in [0, 0.05) is 5.56 Å². The summed E-state index contributed by atoms with van der Waals surface area (Å²) in [6.45, 7) is 0. The number of carbonyl (C=O) groups excluding carboxylic acids is 1. The summed E-state index contributed by atoms with van der Waals surface area (Å²) in [6, 6.07) is 9.10. The van der Waals surface area contributed by atoms with Crippen LogP contribution >= 0.6 is 0 Å². The zero-order valence-corrected chi connectivity index (χ0v) is 6.08. The molecule has 1 aromatic rings. The Balaban J connectivity index is 0.000000261. The second kappa shape index (κ2) is 6.45. The van der Waals surface area contributed by atoms with Crippen molar-refractivity contribution in [3.8, 4) is 0 Å². The predicted molar refractivity (Wildman–Crippen MR) is 40.9 cm³/mol. The topological polar surface area (TPSA) is 17.1 Å². The van der Waals surface area contributed by atoms with Crippen LogP contribution in [0.5, 0.6) is 0 Å². The van der Waals surface area contributed by atoms with Crippen LogP contribution in [0.15, 0.2) is 30.3 Å². The monoisotopic (exact) mass is 174 g/mol. The Morgan fingerprint density at radius 1 is 1.08 bits per heavy atom. The van der Waals surface area contributed by atoms with E-state index in [1.54, 1.807) is 12.1 Å². The molecule has 1 rings (SSSR count). The van der Waals surface area contributed by atoms with Crippen molar-refractivity contribution >= 4 is 13.8 Å². The van der Waals surface area contributed by atoms with Gasteiger partial charge in [-0.05, 0) is 0 Å². The van der Waals surface area contributed by atoms with E-state index < -0.39 is 7.54 Å². The quantitative estimate of drug-likeness (QED) is 0.471. The van der Waals surface area contributed by atoms with Gasteiger partial charge in [0.2, 0.25) is 0 Å². The van der Waals surface area contributed by atoms with Gasteiger partial charge in [-0.1, -0.05) is 30.3 Å². The van der Waals surface area contributed by atoms with E-state index in [0.29, 0.717) is 0 Å². The van der Waals surface area contributed by atoms with Crippen LogP contribution in [0.2, 0.25) is 0 Å². The highest BCUT2D eigenvalue weighted by Gasteiger charge is 2.06. The lowest BCUT2D eigenvalue weighted by atomic mass is 10.2. The van der Waals surface area contributed by atoms with Gasteiger partial charge in [0.1, 0.15) is 6.29 Å². The SMILES string of the molecule is FB(F)F.O=Cc1ccccc1. The lowest BCUT2D eigenvalue weighted by Gasteiger charge is -1.81. The number of carbonyl (C=O) groups is 1. The van der Waals surface area contributed by atoms with Crippen LogP contribution in [0.3, 0.4) is 0 Å². The van der Waals surface area contributed by atoms with E-state index in [1.807, 2.05) is 18.2 Å². The van der Waals surface area contributed by atoms with Crippen LogP contribution in [-0.2, 0) is 0 Å². The third kappa shape index (κ3) is 6.86. The van der Waals surface area contributed by atoms with Gasteiger partial charge < -0.3 is 0 Å². The molecule has 5 heteroatoms. The smallest absolute Gasteiger partial charge is 0.298 e. The minimum absolute atomic E-state index is 0.729. The Bertz CT molecular complexity index is 212. The maximum absolute atomic E-state index is 10.0. The van der Waals surface area contributed by atoms with Crippen LogP contribution < -0.4 is 0 Å². The van der Waals surface area contributed by atoms with Crippen molar-refractivity contribution in [2.24, 2.45) is 0 Å². The molecule has 0 fully saturated rings. The lowest BCUT2D eigenvalue weighted by Crippen LogP contribution is -1.76.